The van der Waals surface area contributed by atoms with Crippen LogP contribution in [0.4, 0.5) is 0 Å². The molecule has 0 aromatic heterocycles. The summed E-state index contributed by atoms with van der Waals surface area (Å²) in [5, 5.41) is 0. The smallest absolute Gasteiger partial charge is 0.254 e. The lowest BCUT2D eigenvalue weighted by Gasteiger charge is -2.29. The van der Waals surface area contributed by atoms with Gasteiger partial charge < -0.3 is 28.9 Å². The van der Waals surface area contributed by atoms with Gasteiger partial charge in [0.15, 0.2) is 11.5 Å². The van der Waals surface area contributed by atoms with E-state index in [4.69, 9.17) is 14.2 Å². The molecular weight excluding hydrogens is 618 g/mol. The van der Waals surface area contributed by atoms with Crippen LogP contribution in [0.3, 0.4) is 0 Å². The van der Waals surface area contributed by atoms with Crippen molar-refractivity contribution in [2.24, 2.45) is 0 Å². The Kier molecular flexibility index (Phi) is 11.4. The number of hydrogen-bond donors (Lipinski definition) is 0. The maximum Gasteiger partial charge on any atom is 0.254 e. The number of hydrogen-bond acceptors (Lipinski definition) is 8. The van der Waals surface area contributed by atoms with Gasteiger partial charge in [0.2, 0.25) is 22.5 Å². The molecule has 0 radical (unpaired) electrons. The average Bonchev–Trinajstić information content (AvgIpc) is 3.48. The summed E-state index contributed by atoms with van der Waals surface area (Å²) in [5.74, 6) is 1.42. The topological polar surface area (TPSA) is 106 Å². The molecule has 2 amide bonds. The van der Waals surface area contributed by atoms with Crippen LogP contribution in [0.1, 0.15) is 55.5 Å². The summed E-state index contributed by atoms with van der Waals surface area (Å²) in [6.07, 6.45) is 4.26. The molecule has 0 N–H and O–H groups in total. The van der Waals surface area contributed by atoms with E-state index in [0.29, 0.717) is 48.9 Å². The Hall–Kier alpha value is -4.09. The van der Waals surface area contributed by atoms with Crippen LogP contribution in [0.2, 0.25) is 0 Å². The molecule has 1 saturated heterocycles. The predicted molar refractivity (Wildman–Crippen MR) is 179 cm³/mol. The number of benzene rings is 3. The second-order valence-electron chi connectivity index (χ2n) is 12.2. The molecule has 2 aliphatic rings. The van der Waals surface area contributed by atoms with Gasteiger partial charge in [-0.25, -0.2) is 8.42 Å². The lowest BCUT2D eigenvalue weighted by molar-refractivity contribution is -0.130. The zero-order valence-electron chi connectivity index (χ0n) is 27.5. The third kappa shape index (κ3) is 8.44. The number of fused-ring (bicyclic) bond motifs is 1. The van der Waals surface area contributed by atoms with Crippen molar-refractivity contribution >= 4 is 21.7 Å². The van der Waals surface area contributed by atoms with Crippen LogP contribution in [-0.2, 0) is 21.1 Å². The molecule has 5 rings (SSSR count). The first-order chi connectivity index (χ1) is 22.7. The van der Waals surface area contributed by atoms with Crippen LogP contribution >= 0.6 is 0 Å². The number of unbranched alkanes of at least 4 members (excludes halogenated alkanes) is 1. The fourth-order valence-electron chi connectivity index (χ4n) is 6.22. The highest BCUT2D eigenvalue weighted by Gasteiger charge is 2.26. The van der Waals surface area contributed by atoms with E-state index in [0.717, 1.165) is 44.3 Å². The molecule has 10 nitrogen and oxygen atoms in total. The minimum absolute atomic E-state index is 0.0203. The Morgan fingerprint density at radius 2 is 1.74 bits per heavy atom. The molecule has 1 fully saturated rings. The van der Waals surface area contributed by atoms with Gasteiger partial charge in [0, 0.05) is 37.3 Å². The van der Waals surface area contributed by atoms with E-state index in [1.54, 1.807) is 66.6 Å². The molecule has 3 aromatic rings. The number of ether oxygens (including phenoxy) is 3. The summed E-state index contributed by atoms with van der Waals surface area (Å²) in [4.78, 5) is 32.6. The van der Waals surface area contributed by atoms with E-state index in [9.17, 15) is 18.0 Å². The van der Waals surface area contributed by atoms with Gasteiger partial charge in [-0.15, -0.1) is 0 Å². The van der Waals surface area contributed by atoms with Gasteiger partial charge in [0.25, 0.3) is 5.91 Å². The fourth-order valence-corrected chi connectivity index (χ4v) is 7.56. The molecule has 1 atom stereocenters. The molecule has 0 saturated carbocycles. The highest BCUT2D eigenvalue weighted by atomic mass is 32.2. The van der Waals surface area contributed by atoms with Crippen LogP contribution in [0.5, 0.6) is 17.2 Å². The van der Waals surface area contributed by atoms with E-state index >= 15 is 0 Å². The SMILES string of the molecule is CCCN(CCCCN1CCCN(C(=O)c2cccc(OC)c2)CC1=O)C(C)Cc1cccc(S(=O)(=O)c2ccc3c(c2)OCO3)c1. The van der Waals surface area contributed by atoms with Crippen molar-refractivity contribution in [3.05, 3.63) is 77.9 Å². The van der Waals surface area contributed by atoms with Crippen molar-refractivity contribution in [3.63, 3.8) is 0 Å². The van der Waals surface area contributed by atoms with Crippen LogP contribution < -0.4 is 14.2 Å². The van der Waals surface area contributed by atoms with Crippen molar-refractivity contribution in [3.8, 4) is 17.2 Å². The second-order valence-corrected chi connectivity index (χ2v) is 14.1. The van der Waals surface area contributed by atoms with Gasteiger partial charge >= 0.3 is 0 Å². The lowest BCUT2D eigenvalue weighted by atomic mass is 10.1. The predicted octanol–water partition coefficient (Wildman–Crippen LogP) is 5.05. The Bertz CT molecular complexity index is 1660. The van der Waals surface area contributed by atoms with Crippen LogP contribution in [-0.4, -0.2) is 94.1 Å². The lowest BCUT2D eigenvalue weighted by Crippen LogP contribution is -2.40. The van der Waals surface area contributed by atoms with E-state index in [2.05, 4.69) is 18.7 Å². The van der Waals surface area contributed by atoms with Crippen molar-refractivity contribution < 1.29 is 32.2 Å². The normalized spacial score (nSPS) is 15.5. The standard InChI is InChI=1S/C36H45N3O7S/c1-4-16-37(17-5-6-18-38-19-9-20-39(25-35(38)40)36(41)29-11-8-12-30(23-29)44-3)27(2)21-28-10-7-13-31(22-28)47(42,43)32-14-15-33-34(24-32)46-26-45-33/h7-8,10-15,22-24,27H,4-6,9,16-21,25-26H2,1-3H3. The maximum atomic E-state index is 13.4. The highest BCUT2D eigenvalue weighted by Crippen LogP contribution is 2.35. The third-order valence-electron chi connectivity index (χ3n) is 8.79. The average molecular weight is 664 g/mol. The monoisotopic (exact) mass is 663 g/mol. The molecule has 0 spiro atoms. The molecule has 2 heterocycles. The van der Waals surface area contributed by atoms with Gasteiger partial charge in [0.05, 0.1) is 16.9 Å². The van der Waals surface area contributed by atoms with E-state index in [1.807, 2.05) is 11.0 Å². The Balaban J connectivity index is 1.12. The minimum Gasteiger partial charge on any atom is -0.497 e. The van der Waals surface area contributed by atoms with Gasteiger partial charge in [-0.05, 0) is 100 Å². The van der Waals surface area contributed by atoms with Gasteiger partial charge in [-0.1, -0.05) is 25.1 Å². The summed E-state index contributed by atoms with van der Waals surface area (Å²) in [7, 11) is -2.15. The summed E-state index contributed by atoms with van der Waals surface area (Å²) < 4.78 is 42.8. The Labute approximate surface area is 278 Å². The van der Waals surface area contributed by atoms with Crippen LogP contribution in [0, 0.1) is 0 Å². The number of nitrogens with zero attached hydrogens (tertiary/aromatic N) is 3. The Morgan fingerprint density at radius 3 is 2.55 bits per heavy atom. The van der Waals surface area contributed by atoms with Crippen molar-refractivity contribution in [2.45, 2.75) is 61.8 Å². The fraction of sp³-hybridized carbons (Fsp3) is 0.444. The number of rotatable bonds is 14. The molecule has 2 aliphatic heterocycles. The first kappa shape index (κ1) is 34.3. The molecule has 3 aromatic carbocycles. The molecule has 0 aliphatic carbocycles. The molecule has 1 unspecified atom stereocenters. The summed E-state index contributed by atoms with van der Waals surface area (Å²) in [5.41, 5.74) is 1.48. The quantitative estimate of drug-likeness (QED) is 0.221. The number of carbonyl (C=O) groups is 2. The number of sulfone groups is 1. The van der Waals surface area contributed by atoms with Crippen LogP contribution in [0.15, 0.2) is 76.5 Å². The van der Waals surface area contributed by atoms with E-state index in [1.165, 1.54) is 6.07 Å². The molecular formula is C36H45N3O7S. The van der Waals surface area contributed by atoms with Crippen molar-refractivity contribution in [1.82, 2.24) is 14.7 Å². The summed E-state index contributed by atoms with van der Waals surface area (Å²) in [6, 6.07) is 19.1. The first-order valence-corrected chi connectivity index (χ1v) is 17.9. The third-order valence-corrected chi connectivity index (χ3v) is 10.5. The zero-order valence-corrected chi connectivity index (χ0v) is 28.3. The Morgan fingerprint density at radius 1 is 0.957 bits per heavy atom. The molecule has 252 valence electrons. The van der Waals surface area contributed by atoms with E-state index in [-0.39, 0.29) is 41.0 Å². The van der Waals surface area contributed by atoms with Gasteiger partial charge in [-0.2, -0.15) is 0 Å². The van der Waals surface area contributed by atoms with Crippen molar-refractivity contribution in [2.75, 3.05) is 53.2 Å². The molecule has 47 heavy (non-hydrogen) atoms. The zero-order chi connectivity index (χ0) is 33.4. The second kappa shape index (κ2) is 15.7. The minimum atomic E-state index is -3.72. The number of methoxy groups -OCH3 is 1. The molecule has 0 bridgehead atoms. The van der Waals surface area contributed by atoms with Gasteiger partial charge in [0.1, 0.15) is 12.3 Å². The first-order valence-electron chi connectivity index (χ1n) is 16.4. The summed E-state index contributed by atoms with van der Waals surface area (Å²) >= 11 is 0. The largest absolute Gasteiger partial charge is 0.497 e. The van der Waals surface area contributed by atoms with Crippen LogP contribution in [0.25, 0.3) is 0 Å². The van der Waals surface area contributed by atoms with E-state index < -0.39 is 9.84 Å². The maximum absolute atomic E-state index is 13.4. The number of amides is 2. The highest BCUT2D eigenvalue weighted by molar-refractivity contribution is 7.91. The van der Waals surface area contributed by atoms with Crippen molar-refractivity contribution in [1.29, 1.82) is 0 Å². The van der Waals surface area contributed by atoms with Gasteiger partial charge in [-0.3, -0.25) is 9.59 Å². The summed E-state index contributed by atoms with van der Waals surface area (Å²) in [6.45, 7) is 8.16. The number of carbonyl (C=O) groups excluding carboxylic acids is 2. The molecule has 11 heteroatoms.